The standard InChI is InChI=1S/C18H16N2O2.C17H16N2O.C10H8N2O.C9H8N2.C8H9ClO.CH4/c21-12-18-10-17(16-6-8-19-9-7-16)11-20(18)14-22-13-15-4-2-1-3-5-15;1-2-4-15(5-3-1)13-20-14-19-11-8-17(12-19)16-6-9-18-10-7-16;13-7-10-5-9(6-12-10)8-1-3-11-4-2-8;1-4-10-5-2-8(1)9-3-6-11-7-9;9-7-10-6-8-4-2-1-3-5-8;/h1-12H,13-14H2;1-12H,13-14H2;1-7,12H;1-7,11H;1-5H,6-7H2;1H4. The largest absolute Gasteiger partial charge is 0.367 e. The molecule has 0 amide bonds. The van der Waals surface area contributed by atoms with Crippen LogP contribution < -0.4 is 0 Å². The van der Waals surface area contributed by atoms with E-state index in [1.807, 2.05) is 180 Å². The third kappa shape index (κ3) is 19.6. The second-order valence-corrected chi connectivity index (χ2v) is 16.7. The summed E-state index contributed by atoms with van der Waals surface area (Å²) in [5.41, 5.74) is 13.4. The minimum atomic E-state index is 0. The Morgan fingerprint density at radius 1 is 0.455 bits per heavy atom. The quantitative estimate of drug-likeness (QED) is 0.0670. The number of nitrogens with zero attached hydrogens (tertiary/aromatic N) is 6. The summed E-state index contributed by atoms with van der Waals surface area (Å²) in [6.07, 6.45) is 27.5. The molecule has 14 heteroatoms. The molecule has 0 fully saturated rings. The number of hydrogen-bond acceptors (Lipinski definition) is 9. The molecule has 0 saturated carbocycles. The fourth-order valence-corrected chi connectivity index (χ4v) is 7.40. The first-order valence-corrected chi connectivity index (χ1v) is 24.7. The predicted molar refractivity (Wildman–Crippen MR) is 305 cm³/mol. The van der Waals surface area contributed by atoms with E-state index in [0.717, 1.165) is 46.0 Å². The van der Waals surface area contributed by atoms with Crippen LogP contribution in [-0.4, -0.2) is 57.7 Å². The Labute approximate surface area is 454 Å². The van der Waals surface area contributed by atoms with Crippen molar-refractivity contribution in [1.29, 1.82) is 0 Å². The number of aromatic nitrogens is 8. The molecule has 0 aliphatic heterocycles. The number of aldehydes is 2. The van der Waals surface area contributed by atoms with Gasteiger partial charge in [-0.2, -0.15) is 0 Å². The maximum absolute atomic E-state index is 11.2. The number of hydrogen-bond donors (Lipinski definition) is 2. The molecular weight excluding hydrogens is 984 g/mol. The lowest BCUT2D eigenvalue weighted by molar-refractivity contribution is 0.0623. The molecule has 8 aromatic heterocycles. The average Bonchev–Trinajstić information content (AvgIpc) is 4.37. The molecule has 0 spiro atoms. The summed E-state index contributed by atoms with van der Waals surface area (Å²) in [6, 6.07) is 53.8. The summed E-state index contributed by atoms with van der Waals surface area (Å²) < 4.78 is 20.2. The molecule has 0 radical (unpaired) electrons. The molecule has 0 atom stereocenters. The Bertz CT molecular complexity index is 3270. The molecule has 8 heterocycles. The molecule has 11 rings (SSSR count). The van der Waals surface area contributed by atoms with Gasteiger partial charge < -0.3 is 33.3 Å². The third-order valence-electron chi connectivity index (χ3n) is 11.2. The number of halogens is 1. The van der Waals surface area contributed by atoms with Crippen LogP contribution in [0.15, 0.2) is 251 Å². The number of alkyl halides is 1. The lowest BCUT2D eigenvalue weighted by Crippen LogP contribution is -2.04. The minimum absolute atomic E-state index is 0. The van der Waals surface area contributed by atoms with Gasteiger partial charge in [-0.1, -0.05) is 110 Å². The number of H-pyrrole nitrogens is 2. The molecule has 0 saturated heterocycles. The third-order valence-corrected chi connectivity index (χ3v) is 11.3. The maximum Gasteiger partial charge on any atom is 0.166 e. The zero-order valence-corrected chi connectivity index (χ0v) is 42.4. The number of carbonyl (C=O) groups is 2. The second kappa shape index (κ2) is 32.9. The van der Waals surface area contributed by atoms with Gasteiger partial charge in [0.05, 0.1) is 31.2 Å². The van der Waals surface area contributed by atoms with Crippen molar-refractivity contribution in [3.05, 3.63) is 279 Å². The predicted octanol–water partition coefficient (Wildman–Crippen LogP) is 14.3. The van der Waals surface area contributed by atoms with E-state index < -0.39 is 0 Å². The van der Waals surface area contributed by atoms with Crippen molar-refractivity contribution in [2.24, 2.45) is 0 Å². The molecular formula is C63H61ClN8O5. The van der Waals surface area contributed by atoms with Gasteiger partial charge in [0, 0.05) is 92.3 Å². The van der Waals surface area contributed by atoms with Gasteiger partial charge in [-0.05, 0) is 128 Å². The highest BCUT2D eigenvalue weighted by Gasteiger charge is 2.08. The Kier molecular flexibility index (Phi) is 24.5. The maximum atomic E-state index is 11.2. The summed E-state index contributed by atoms with van der Waals surface area (Å²) >= 11 is 5.33. The van der Waals surface area contributed by atoms with Crippen LogP contribution in [0.5, 0.6) is 0 Å². The van der Waals surface area contributed by atoms with E-state index in [2.05, 4.69) is 54.3 Å². The number of rotatable bonds is 17. The average molecular weight is 1050 g/mol. The number of aromatic amines is 2. The molecule has 77 heavy (non-hydrogen) atoms. The van der Waals surface area contributed by atoms with Crippen molar-refractivity contribution < 1.29 is 23.8 Å². The van der Waals surface area contributed by atoms with Gasteiger partial charge in [0.25, 0.3) is 0 Å². The Morgan fingerprint density at radius 3 is 1.38 bits per heavy atom. The summed E-state index contributed by atoms with van der Waals surface area (Å²) in [7, 11) is 0. The molecule has 0 aliphatic rings. The summed E-state index contributed by atoms with van der Waals surface area (Å²) in [5.74, 6) is 0. The van der Waals surface area contributed by atoms with E-state index in [0.29, 0.717) is 44.7 Å². The SMILES string of the molecule is C.ClCOCc1ccccc1.O=Cc1cc(-c2ccncc2)c[nH]1.O=Cc1cc(-c2ccncc2)cn1COCc1ccccc1.c1cc(-c2cc[nH]c2)ccn1.c1ccc(COCn2ccc(-c3ccncc3)c2)cc1. The number of pyridine rings is 4. The monoisotopic (exact) mass is 1040 g/mol. The van der Waals surface area contributed by atoms with Crippen LogP contribution in [0.2, 0.25) is 0 Å². The van der Waals surface area contributed by atoms with Gasteiger partial charge in [0.1, 0.15) is 19.5 Å². The molecule has 0 aliphatic carbocycles. The van der Waals surface area contributed by atoms with Crippen molar-refractivity contribution >= 4 is 24.2 Å². The lowest BCUT2D eigenvalue weighted by atomic mass is 10.1. The van der Waals surface area contributed by atoms with Gasteiger partial charge in [-0.15, -0.1) is 0 Å². The summed E-state index contributed by atoms with van der Waals surface area (Å²) in [6.45, 7) is 2.64. The first-order chi connectivity index (χ1) is 37.6. The van der Waals surface area contributed by atoms with Crippen molar-refractivity contribution in [2.45, 2.75) is 40.7 Å². The number of benzene rings is 3. The summed E-state index contributed by atoms with van der Waals surface area (Å²) in [5, 5.41) is 0. The van der Waals surface area contributed by atoms with Gasteiger partial charge in [0.15, 0.2) is 12.6 Å². The Balaban J connectivity index is 0.000000161. The van der Waals surface area contributed by atoms with E-state index in [-0.39, 0.29) is 13.5 Å². The lowest BCUT2D eigenvalue weighted by Gasteiger charge is -2.07. The van der Waals surface area contributed by atoms with Crippen molar-refractivity contribution in [3.63, 3.8) is 0 Å². The normalized spacial score (nSPS) is 10.1. The van der Waals surface area contributed by atoms with Crippen molar-refractivity contribution in [3.8, 4) is 44.5 Å². The first-order valence-electron chi connectivity index (χ1n) is 24.2. The number of nitrogens with one attached hydrogen (secondary N) is 2. The zero-order valence-electron chi connectivity index (χ0n) is 41.7. The van der Waals surface area contributed by atoms with E-state index >= 15 is 0 Å². The molecule has 13 nitrogen and oxygen atoms in total. The smallest absolute Gasteiger partial charge is 0.166 e. The van der Waals surface area contributed by atoms with Crippen LogP contribution in [0.4, 0.5) is 0 Å². The topological polar surface area (TPSA) is 155 Å². The van der Waals surface area contributed by atoms with Crippen LogP contribution in [0.1, 0.15) is 45.1 Å². The van der Waals surface area contributed by atoms with E-state index in [1.54, 1.807) is 55.8 Å². The first kappa shape index (κ1) is 57.2. The van der Waals surface area contributed by atoms with Crippen molar-refractivity contribution in [2.75, 3.05) is 6.07 Å². The van der Waals surface area contributed by atoms with E-state index in [1.165, 1.54) is 27.8 Å². The molecule has 11 aromatic rings. The fourth-order valence-electron chi connectivity index (χ4n) is 7.32. The van der Waals surface area contributed by atoms with E-state index in [9.17, 15) is 9.59 Å². The molecule has 0 bridgehead atoms. The van der Waals surface area contributed by atoms with E-state index in [4.69, 9.17) is 25.8 Å². The molecule has 3 aromatic carbocycles. The number of ether oxygens (including phenoxy) is 3. The second-order valence-electron chi connectivity index (χ2n) is 16.5. The van der Waals surface area contributed by atoms with Gasteiger partial charge in [0.2, 0.25) is 0 Å². The molecule has 390 valence electrons. The van der Waals surface area contributed by atoms with Gasteiger partial charge >= 0.3 is 0 Å². The highest BCUT2D eigenvalue weighted by Crippen LogP contribution is 2.22. The van der Waals surface area contributed by atoms with Gasteiger partial charge in [-0.3, -0.25) is 29.5 Å². The number of carbonyl (C=O) groups excluding carboxylic acids is 2. The summed E-state index contributed by atoms with van der Waals surface area (Å²) in [4.78, 5) is 43.4. The van der Waals surface area contributed by atoms with Crippen LogP contribution in [0.3, 0.4) is 0 Å². The van der Waals surface area contributed by atoms with Crippen LogP contribution in [0, 0.1) is 0 Å². The zero-order chi connectivity index (χ0) is 52.7. The Hall–Kier alpha value is -9.11. The molecule has 0 unspecified atom stereocenters. The van der Waals surface area contributed by atoms with Gasteiger partial charge in [-0.25, -0.2) is 0 Å². The van der Waals surface area contributed by atoms with Crippen LogP contribution in [0.25, 0.3) is 44.5 Å². The fraction of sp³-hybridized carbons (Fsp3) is 0.111. The highest BCUT2D eigenvalue weighted by atomic mass is 35.5. The highest BCUT2D eigenvalue weighted by molar-refractivity contribution is 6.17. The molecule has 2 N–H and O–H groups in total. The minimum Gasteiger partial charge on any atom is -0.367 e. The Morgan fingerprint density at radius 2 is 0.922 bits per heavy atom. The van der Waals surface area contributed by atoms with Crippen LogP contribution >= 0.6 is 11.6 Å². The van der Waals surface area contributed by atoms with Crippen molar-refractivity contribution in [1.82, 2.24) is 39.0 Å². The van der Waals surface area contributed by atoms with Crippen LogP contribution in [-0.2, 0) is 47.5 Å².